The van der Waals surface area contributed by atoms with Gasteiger partial charge in [-0.3, -0.25) is 9.35 Å². The van der Waals surface area contributed by atoms with Crippen LogP contribution in [0.15, 0.2) is 12.2 Å². The minimum Gasteiger partial charge on any atom is -0.394 e. The zero-order valence-electron chi connectivity index (χ0n) is 38.7. The molecule has 1 amide bonds. The number of carbonyl (C=O) groups excluding carboxylic acids is 1. The van der Waals surface area contributed by atoms with Gasteiger partial charge in [0.2, 0.25) is 5.91 Å². The van der Waals surface area contributed by atoms with Gasteiger partial charge in [0.05, 0.1) is 25.4 Å². The minimum atomic E-state index is -5.08. The molecule has 0 spiro atoms. The highest BCUT2D eigenvalue weighted by Gasteiger charge is 2.48. The van der Waals surface area contributed by atoms with E-state index in [9.17, 15) is 38.2 Å². The van der Waals surface area contributed by atoms with Crippen molar-refractivity contribution in [3.63, 3.8) is 0 Å². The Morgan fingerprint density at radius 3 is 1.43 bits per heavy atom. The molecule has 0 aromatic rings. The Morgan fingerprint density at radius 1 is 0.639 bits per heavy atom. The summed E-state index contributed by atoms with van der Waals surface area (Å²) in [5, 5.41) is 44.7. The van der Waals surface area contributed by atoms with Gasteiger partial charge in [0.1, 0.15) is 24.4 Å². The number of amides is 1. The number of nitrogens with one attached hydrogen (secondary N) is 1. The van der Waals surface area contributed by atoms with Crippen LogP contribution in [0.25, 0.3) is 0 Å². The van der Waals surface area contributed by atoms with Gasteiger partial charge in [0.15, 0.2) is 6.29 Å². The Labute approximate surface area is 372 Å². The molecule has 1 saturated heterocycles. The number of allylic oxidation sites excluding steroid dienone is 1. The number of ether oxygens (including phenoxy) is 2. The van der Waals surface area contributed by atoms with E-state index in [1.807, 2.05) is 6.08 Å². The third-order valence-corrected chi connectivity index (χ3v) is 12.5. The molecule has 1 heterocycles. The van der Waals surface area contributed by atoms with Crippen molar-refractivity contribution in [1.29, 1.82) is 0 Å². The Morgan fingerprint density at radius 2 is 1.03 bits per heavy atom. The van der Waals surface area contributed by atoms with Gasteiger partial charge in [-0.25, -0.2) is 4.18 Å². The van der Waals surface area contributed by atoms with E-state index >= 15 is 0 Å². The number of rotatable bonds is 43. The molecule has 13 heteroatoms. The summed E-state index contributed by atoms with van der Waals surface area (Å²) in [5.41, 5.74) is 0. The summed E-state index contributed by atoms with van der Waals surface area (Å²) >= 11 is 0. The normalized spacial score (nSPS) is 20.7. The fourth-order valence-electron chi connectivity index (χ4n) is 8.16. The first-order valence-corrected chi connectivity index (χ1v) is 26.4. The highest BCUT2D eigenvalue weighted by Crippen LogP contribution is 2.26. The molecule has 0 aromatic heterocycles. The van der Waals surface area contributed by atoms with E-state index in [2.05, 4.69) is 23.3 Å². The van der Waals surface area contributed by atoms with E-state index in [4.69, 9.17) is 9.47 Å². The van der Waals surface area contributed by atoms with Gasteiger partial charge < -0.3 is 35.2 Å². The number of carbonyl (C=O) groups is 1. The van der Waals surface area contributed by atoms with Crippen LogP contribution in [0.2, 0.25) is 0 Å². The maximum absolute atomic E-state index is 13.0. The van der Waals surface area contributed by atoms with E-state index in [-0.39, 0.29) is 18.9 Å². The molecular weight excluding hydrogens is 799 g/mol. The maximum atomic E-state index is 13.0. The van der Waals surface area contributed by atoms with Crippen LogP contribution in [-0.4, -0.2) is 95.4 Å². The number of aliphatic hydroxyl groups is 4. The van der Waals surface area contributed by atoms with Gasteiger partial charge in [-0.05, 0) is 19.3 Å². The summed E-state index contributed by atoms with van der Waals surface area (Å²) in [7, 11) is -5.08. The Bertz CT molecular complexity index is 1140. The van der Waals surface area contributed by atoms with Crippen molar-refractivity contribution in [2.24, 2.45) is 0 Å². The van der Waals surface area contributed by atoms with Gasteiger partial charge in [-0.2, -0.15) is 8.42 Å². The fourth-order valence-corrected chi connectivity index (χ4v) is 8.67. The second-order valence-electron chi connectivity index (χ2n) is 17.8. The predicted molar refractivity (Wildman–Crippen MR) is 246 cm³/mol. The molecule has 1 aliphatic heterocycles. The van der Waals surface area contributed by atoms with Gasteiger partial charge in [0, 0.05) is 6.42 Å². The molecule has 6 N–H and O–H groups in total. The molecule has 0 aromatic carbocycles. The number of hydrogen-bond donors (Lipinski definition) is 6. The van der Waals surface area contributed by atoms with Gasteiger partial charge in [0.25, 0.3) is 0 Å². The van der Waals surface area contributed by atoms with Crippen LogP contribution in [0.4, 0.5) is 0 Å². The van der Waals surface area contributed by atoms with Crippen molar-refractivity contribution < 1.29 is 51.8 Å². The first-order valence-electron chi connectivity index (χ1n) is 25.1. The third kappa shape index (κ3) is 32.2. The van der Waals surface area contributed by atoms with Crippen LogP contribution < -0.4 is 5.32 Å². The second kappa shape index (κ2) is 39.2. The first-order chi connectivity index (χ1) is 29.5. The average molecular weight is 892 g/mol. The summed E-state index contributed by atoms with van der Waals surface area (Å²) in [6.45, 7) is 3.39. The first kappa shape index (κ1) is 57.9. The third-order valence-electron chi connectivity index (χ3n) is 12.1. The quantitative estimate of drug-likeness (QED) is 0.0194. The summed E-state index contributed by atoms with van der Waals surface area (Å²) < 4.78 is 47.6. The van der Waals surface area contributed by atoms with Crippen molar-refractivity contribution in [3.8, 4) is 0 Å². The molecule has 7 atom stereocenters. The average Bonchev–Trinajstić information content (AvgIpc) is 3.23. The number of unbranched alkanes of at least 4 members (excludes halogenated alkanes) is 31. The summed E-state index contributed by atoms with van der Waals surface area (Å²) in [4.78, 5) is 13.0. The van der Waals surface area contributed by atoms with Crippen molar-refractivity contribution >= 4 is 16.3 Å². The number of aliphatic hydroxyl groups excluding tert-OH is 4. The van der Waals surface area contributed by atoms with Crippen molar-refractivity contribution in [1.82, 2.24) is 5.32 Å². The Balaban J connectivity index is 2.37. The predicted octanol–water partition coefficient (Wildman–Crippen LogP) is 10.3. The fraction of sp³-hybridized carbons (Fsp3) is 0.938. The highest BCUT2D eigenvalue weighted by atomic mass is 32.3. The topological polar surface area (TPSA) is 192 Å². The van der Waals surface area contributed by atoms with Crippen molar-refractivity contribution in [2.75, 3.05) is 13.2 Å². The molecule has 7 unspecified atom stereocenters. The Kier molecular flexibility index (Phi) is 37.2. The van der Waals surface area contributed by atoms with Gasteiger partial charge in [-0.15, -0.1) is 0 Å². The molecule has 0 bridgehead atoms. The lowest BCUT2D eigenvalue weighted by molar-refractivity contribution is -0.298. The summed E-state index contributed by atoms with van der Waals surface area (Å²) in [5.74, 6) is -0.259. The lowest BCUT2D eigenvalue weighted by Gasteiger charge is -2.41. The van der Waals surface area contributed by atoms with E-state index in [1.165, 1.54) is 167 Å². The molecular formula is C48H93NO11S. The lowest BCUT2D eigenvalue weighted by Crippen LogP contribution is -2.61. The van der Waals surface area contributed by atoms with Gasteiger partial charge >= 0.3 is 10.4 Å². The molecule has 12 nitrogen and oxygen atoms in total. The lowest BCUT2D eigenvalue weighted by atomic mass is 9.99. The molecule has 0 radical (unpaired) electrons. The largest absolute Gasteiger partial charge is 0.397 e. The maximum Gasteiger partial charge on any atom is 0.397 e. The van der Waals surface area contributed by atoms with Crippen LogP contribution >= 0.6 is 0 Å². The van der Waals surface area contributed by atoms with Crippen LogP contribution in [0, 0.1) is 0 Å². The molecule has 0 aliphatic carbocycles. The van der Waals surface area contributed by atoms with E-state index in [1.54, 1.807) is 6.08 Å². The van der Waals surface area contributed by atoms with Crippen LogP contribution in [0.5, 0.6) is 0 Å². The standard InChI is InChI=1S/C48H93NO11S/c1-3-5-7-9-11-13-15-16-17-18-19-20-21-22-23-24-25-26-28-30-32-34-36-38-44(52)49-41(42(51)37-35-33-31-29-27-14-12-10-8-6-4-2)40-58-48-46(54)47(60-61(55,56)57)45(53)43(39-50)59-48/h35,37,41-43,45-48,50-51,53-54H,3-34,36,38-40H2,1-2H3,(H,49,52)(H,55,56,57)/b37-35+. The molecule has 1 aliphatic rings. The monoisotopic (exact) mass is 892 g/mol. The minimum absolute atomic E-state index is 0.259. The summed E-state index contributed by atoms with van der Waals surface area (Å²) in [6, 6.07) is -0.937. The van der Waals surface area contributed by atoms with Crippen molar-refractivity contribution in [2.45, 2.75) is 275 Å². The summed E-state index contributed by atoms with van der Waals surface area (Å²) in [6.07, 6.45) is 35.5. The van der Waals surface area contributed by atoms with E-state index in [0.29, 0.717) is 6.42 Å². The van der Waals surface area contributed by atoms with E-state index in [0.717, 1.165) is 38.5 Å². The molecule has 1 fully saturated rings. The van der Waals surface area contributed by atoms with Crippen LogP contribution in [0.3, 0.4) is 0 Å². The smallest absolute Gasteiger partial charge is 0.394 e. The SMILES string of the molecule is CCCCCCCCCCC/C=C/C(O)C(COC1OC(CO)C(O)C(OS(=O)(=O)O)C1O)NC(=O)CCCCCCCCCCCCCCCCCCCCCCCCC. The number of hydrogen-bond acceptors (Lipinski definition) is 10. The Hall–Kier alpha value is -1.16. The molecule has 1 rings (SSSR count). The zero-order chi connectivity index (χ0) is 44.8. The molecule has 0 saturated carbocycles. The van der Waals surface area contributed by atoms with E-state index < -0.39 is 59.9 Å². The van der Waals surface area contributed by atoms with Gasteiger partial charge in [-0.1, -0.05) is 219 Å². The van der Waals surface area contributed by atoms with Crippen LogP contribution in [-0.2, 0) is 28.9 Å². The highest BCUT2D eigenvalue weighted by molar-refractivity contribution is 7.80. The van der Waals surface area contributed by atoms with Crippen molar-refractivity contribution in [3.05, 3.63) is 12.2 Å². The molecule has 61 heavy (non-hydrogen) atoms. The molecule has 362 valence electrons. The zero-order valence-corrected chi connectivity index (χ0v) is 39.6. The second-order valence-corrected chi connectivity index (χ2v) is 18.8. The van der Waals surface area contributed by atoms with Crippen LogP contribution in [0.1, 0.15) is 232 Å².